The molecule has 0 unspecified atom stereocenters. The number of methoxy groups -OCH3 is 1. The molecule has 2 N–H and O–H groups in total. The number of hydrogen-bond donors (Lipinski definition) is 2. The van der Waals surface area contributed by atoms with Crippen LogP contribution >= 0.6 is 0 Å². The molecule has 7 heteroatoms. The Bertz CT molecular complexity index is 1020. The average Bonchev–Trinajstić information content (AvgIpc) is 3.32. The number of benzene rings is 2. The number of nitrogens with one attached hydrogen (secondary N) is 2. The number of likely N-dealkylation sites (N-methyl/N-ethyl adjacent to an activating group) is 1. The van der Waals surface area contributed by atoms with Gasteiger partial charge < -0.3 is 25.0 Å². The van der Waals surface area contributed by atoms with Crippen molar-refractivity contribution in [2.75, 3.05) is 53.6 Å². The molecule has 0 saturated carbocycles. The van der Waals surface area contributed by atoms with E-state index in [0.717, 1.165) is 42.0 Å². The highest BCUT2D eigenvalue weighted by Gasteiger charge is 2.30. The average molecular weight is 510 g/mol. The number of amides is 2. The minimum absolute atomic E-state index is 0.0791. The summed E-state index contributed by atoms with van der Waals surface area (Å²) in [5.74, 6) is 1.52. The van der Waals surface area contributed by atoms with Crippen molar-refractivity contribution in [1.29, 1.82) is 0 Å². The molecule has 37 heavy (non-hydrogen) atoms. The Kier molecular flexibility index (Phi) is 11.0. The second-order valence-corrected chi connectivity index (χ2v) is 10.3. The van der Waals surface area contributed by atoms with Crippen LogP contribution in [-0.4, -0.2) is 70.3 Å². The van der Waals surface area contributed by atoms with Gasteiger partial charge in [0.25, 0.3) is 5.91 Å². The fourth-order valence-electron chi connectivity index (χ4n) is 4.97. The summed E-state index contributed by atoms with van der Waals surface area (Å²) >= 11 is 0. The minimum Gasteiger partial charge on any atom is -0.493 e. The van der Waals surface area contributed by atoms with Crippen LogP contribution in [0.25, 0.3) is 0 Å². The molecule has 0 radical (unpaired) electrons. The summed E-state index contributed by atoms with van der Waals surface area (Å²) in [5.41, 5.74) is 3.66. The highest BCUT2D eigenvalue weighted by Crippen LogP contribution is 2.33. The summed E-state index contributed by atoms with van der Waals surface area (Å²) in [6, 6.07) is 13.7. The van der Waals surface area contributed by atoms with Crippen LogP contribution in [0, 0.1) is 18.8 Å². The fourth-order valence-corrected chi connectivity index (χ4v) is 4.97. The smallest absolute Gasteiger partial charge is 0.251 e. The van der Waals surface area contributed by atoms with Gasteiger partial charge >= 0.3 is 0 Å². The highest BCUT2D eigenvalue weighted by atomic mass is 16.5. The molecule has 1 fully saturated rings. The number of nitrogens with zero attached hydrogens (tertiary/aromatic N) is 1. The van der Waals surface area contributed by atoms with Crippen molar-refractivity contribution >= 4 is 11.8 Å². The zero-order valence-corrected chi connectivity index (χ0v) is 23.0. The van der Waals surface area contributed by atoms with Crippen LogP contribution in [0.1, 0.15) is 53.2 Å². The first-order chi connectivity index (χ1) is 17.8. The molecule has 3 rings (SSSR count). The zero-order valence-electron chi connectivity index (χ0n) is 23.0. The van der Waals surface area contributed by atoms with Crippen molar-refractivity contribution in [2.45, 2.75) is 39.5 Å². The zero-order chi connectivity index (χ0) is 26.8. The SMILES string of the molecule is COCCCOc1c(C)ccc(C(=O)NC[C@@H]2CNC[C@H]2CN(C)C(=O)Cc2ccccc2)c1C(C)C. The van der Waals surface area contributed by atoms with Crippen molar-refractivity contribution in [3.63, 3.8) is 0 Å². The van der Waals surface area contributed by atoms with Gasteiger partial charge in [0, 0.05) is 64.5 Å². The predicted octanol–water partition coefficient (Wildman–Crippen LogP) is 3.80. The summed E-state index contributed by atoms with van der Waals surface area (Å²) in [5, 5.41) is 6.61. The molecule has 0 aromatic heterocycles. The largest absolute Gasteiger partial charge is 0.493 e. The first-order valence-corrected chi connectivity index (χ1v) is 13.3. The van der Waals surface area contributed by atoms with Crippen LogP contribution in [0.4, 0.5) is 0 Å². The van der Waals surface area contributed by atoms with E-state index in [9.17, 15) is 9.59 Å². The summed E-state index contributed by atoms with van der Waals surface area (Å²) in [6.07, 6.45) is 1.20. The first-order valence-electron chi connectivity index (χ1n) is 13.3. The number of ether oxygens (including phenoxy) is 2. The lowest BCUT2D eigenvalue weighted by atomic mass is 9.92. The molecule has 1 aliphatic heterocycles. The molecule has 1 heterocycles. The van der Waals surface area contributed by atoms with Gasteiger partial charge in [-0.25, -0.2) is 0 Å². The summed E-state index contributed by atoms with van der Waals surface area (Å²) < 4.78 is 11.3. The second kappa shape index (κ2) is 14.1. The standard InChI is InChI=1S/C30H43N3O4/c1-21(2)28-26(13-12-22(3)29(28)37-15-9-14-36-5)30(35)32-19-24-17-31-18-25(24)20-33(4)27(34)16-23-10-7-6-8-11-23/h6-8,10-13,21,24-25,31H,9,14-20H2,1-5H3,(H,32,35)/t24-,25-/m0/s1. The fraction of sp³-hybridized carbons (Fsp3) is 0.533. The Morgan fingerprint density at radius 2 is 1.81 bits per heavy atom. The quantitative estimate of drug-likeness (QED) is 0.402. The summed E-state index contributed by atoms with van der Waals surface area (Å²) in [6.45, 7) is 10.3. The Balaban J connectivity index is 1.60. The van der Waals surface area contributed by atoms with Gasteiger partial charge in [0.05, 0.1) is 13.0 Å². The normalized spacial score (nSPS) is 17.1. The van der Waals surface area contributed by atoms with Gasteiger partial charge in [0.2, 0.25) is 5.91 Å². The molecule has 7 nitrogen and oxygen atoms in total. The molecule has 1 aliphatic rings. The Labute approximate surface area is 221 Å². The molecule has 2 aromatic rings. The molecular weight excluding hydrogens is 466 g/mol. The first kappa shape index (κ1) is 28.7. The maximum atomic E-state index is 13.3. The predicted molar refractivity (Wildman–Crippen MR) is 147 cm³/mol. The molecular formula is C30H43N3O4. The van der Waals surface area contributed by atoms with Crippen LogP contribution in [0.2, 0.25) is 0 Å². The molecule has 2 aromatic carbocycles. The van der Waals surface area contributed by atoms with Crippen molar-refractivity contribution < 1.29 is 19.1 Å². The van der Waals surface area contributed by atoms with Crippen molar-refractivity contribution in [3.05, 3.63) is 64.7 Å². The summed E-state index contributed by atoms with van der Waals surface area (Å²) in [7, 11) is 3.55. The van der Waals surface area contributed by atoms with E-state index in [-0.39, 0.29) is 29.6 Å². The maximum Gasteiger partial charge on any atom is 0.251 e. The highest BCUT2D eigenvalue weighted by molar-refractivity contribution is 5.96. The van der Waals surface area contributed by atoms with Crippen molar-refractivity contribution in [3.8, 4) is 5.75 Å². The lowest BCUT2D eigenvalue weighted by Crippen LogP contribution is -2.39. The number of carbonyl (C=O) groups excluding carboxylic acids is 2. The van der Waals surface area contributed by atoms with E-state index in [1.165, 1.54) is 0 Å². The van der Waals surface area contributed by atoms with Crippen molar-refractivity contribution in [2.24, 2.45) is 11.8 Å². The van der Waals surface area contributed by atoms with E-state index in [1.807, 2.05) is 61.3 Å². The van der Waals surface area contributed by atoms with Gasteiger partial charge in [0.1, 0.15) is 5.75 Å². The molecule has 0 spiro atoms. The molecule has 2 atom stereocenters. The molecule has 0 bridgehead atoms. The van der Waals surface area contributed by atoms with Gasteiger partial charge in [-0.15, -0.1) is 0 Å². The number of rotatable bonds is 13. The third-order valence-corrected chi connectivity index (χ3v) is 7.09. The molecule has 202 valence electrons. The lowest BCUT2D eigenvalue weighted by Gasteiger charge is -2.26. The van der Waals surface area contributed by atoms with Gasteiger partial charge in [-0.1, -0.05) is 50.2 Å². The second-order valence-electron chi connectivity index (χ2n) is 10.3. The Morgan fingerprint density at radius 1 is 1.08 bits per heavy atom. The summed E-state index contributed by atoms with van der Waals surface area (Å²) in [4.78, 5) is 27.9. The Morgan fingerprint density at radius 3 is 2.51 bits per heavy atom. The minimum atomic E-state index is -0.0791. The topological polar surface area (TPSA) is 79.9 Å². The molecule has 2 amide bonds. The van der Waals surface area contributed by atoms with E-state index in [4.69, 9.17) is 9.47 Å². The van der Waals surface area contributed by atoms with Crippen LogP contribution in [0.5, 0.6) is 5.75 Å². The van der Waals surface area contributed by atoms with Crippen LogP contribution in [0.15, 0.2) is 42.5 Å². The van der Waals surface area contributed by atoms with E-state index in [2.05, 4.69) is 24.5 Å². The van der Waals surface area contributed by atoms with E-state index < -0.39 is 0 Å². The van der Waals surface area contributed by atoms with Crippen LogP contribution in [-0.2, 0) is 16.0 Å². The third-order valence-electron chi connectivity index (χ3n) is 7.09. The number of aryl methyl sites for hydroxylation is 1. The van der Waals surface area contributed by atoms with Crippen LogP contribution < -0.4 is 15.4 Å². The molecule has 1 saturated heterocycles. The number of carbonyl (C=O) groups is 2. The van der Waals surface area contributed by atoms with Crippen molar-refractivity contribution in [1.82, 2.24) is 15.5 Å². The third kappa shape index (κ3) is 8.04. The van der Waals surface area contributed by atoms with Gasteiger partial charge in [-0.3, -0.25) is 9.59 Å². The van der Waals surface area contributed by atoms with Crippen LogP contribution in [0.3, 0.4) is 0 Å². The van der Waals surface area contributed by atoms with E-state index >= 15 is 0 Å². The monoisotopic (exact) mass is 509 g/mol. The van der Waals surface area contributed by atoms with E-state index in [0.29, 0.717) is 38.3 Å². The van der Waals surface area contributed by atoms with Gasteiger partial charge in [-0.2, -0.15) is 0 Å². The number of hydrogen-bond acceptors (Lipinski definition) is 5. The lowest BCUT2D eigenvalue weighted by molar-refractivity contribution is -0.129. The molecule has 0 aliphatic carbocycles. The maximum absolute atomic E-state index is 13.3. The van der Waals surface area contributed by atoms with Gasteiger partial charge in [0.15, 0.2) is 0 Å². The van der Waals surface area contributed by atoms with Gasteiger partial charge in [-0.05, 0) is 41.9 Å². The van der Waals surface area contributed by atoms with E-state index in [1.54, 1.807) is 7.11 Å². The Hall–Kier alpha value is -2.90.